The maximum Gasteiger partial charge on any atom is 0.408 e. The van der Waals surface area contributed by atoms with Crippen LogP contribution >= 0.6 is 0 Å². The van der Waals surface area contributed by atoms with Gasteiger partial charge in [0.25, 0.3) is 10.1 Å². The predicted octanol–water partition coefficient (Wildman–Crippen LogP) is 0.131. The van der Waals surface area contributed by atoms with Crippen LogP contribution < -0.4 is 11.1 Å². The maximum atomic E-state index is 11.7. The van der Waals surface area contributed by atoms with E-state index < -0.39 is 34.3 Å². The topological polar surface area (TPSA) is 125 Å². The van der Waals surface area contributed by atoms with E-state index in [0.29, 0.717) is 0 Å². The van der Waals surface area contributed by atoms with Crippen molar-refractivity contribution in [1.82, 2.24) is 5.32 Å². The zero-order valence-corrected chi connectivity index (χ0v) is 13.0. The molecule has 122 valence electrons. The number of carbonyl (C=O) groups excluding carboxylic acids is 2. The molecule has 0 heterocycles. The zero-order chi connectivity index (χ0) is 16.8. The number of alkyl carbamates (subject to hydrolysis) is 1. The molecule has 9 heteroatoms. The quantitative estimate of drug-likeness (QED) is 0.685. The highest BCUT2D eigenvalue weighted by molar-refractivity contribution is 7.86. The Bertz CT molecular complexity index is 617. The smallest absolute Gasteiger partial charge is 0.408 e. The minimum atomic E-state index is -3.79. The van der Waals surface area contributed by atoms with Crippen molar-refractivity contribution in [2.24, 2.45) is 5.73 Å². The average Bonchev–Trinajstić information content (AvgIpc) is 2.41. The van der Waals surface area contributed by atoms with Crippen LogP contribution in [0.15, 0.2) is 30.3 Å². The van der Waals surface area contributed by atoms with Gasteiger partial charge >= 0.3 is 6.09 Å². The van der Waals surface area contributed by atoms with Gasteiger partial charge in [0.1, 0.15) is 18.8 Å². The van der Waals surface area contributed by atoms with Crippen LogP contribution in [0.3, 0.4) is 0 Å². The van der Waals surface area contributed by atoms with Gasteiger partial charge < -0.3 is 15.8 Å². The number of amides is 2. The minimum absolute atomic E-state index is 0.000526. The van der Waals surface area contributed by atoms with Crippen molar-refractivity contribution in [3.8, 4) is 0 Å². The summed E-state index contributed by atoms with van der Waals surface area (Å²) in [5.74, 6) is -0.937. The summed E-state index contributed by atoms with van der Waals surface area (Å²) in [4.78, 5) is 23.0. The molecule has 3 N–H and O–H groups in total. The number of rotatable bonds is 7. The molecule has 2 atom stereocenters. The van der Waals surface area contributed by atoms with E-state index in [1.54, 1.807) is 24.3 Å². The van der Waals surface area contributed by atoms with Crippen molar-refractivity contribution >= 4 is 22.1 Å². The van der Waals surface area contributed by atoms with Crippen molar-refractivity contribution in [3.63, 3.8) is 0 Å². The molecule has 0 saturated carbocycles. The summed E-state index contributed by atoms with van der Waals surface area (Å²) in [7, 11) is -3.79. The Morgan fingerprint density at radius 2 is 1.86 bits per heavy atom. The monoisotopic (exact) mass is 330 g/mol. The molecule has 0 aliphatic heterocycles. The summed E-state index contributed by atoms with van der Waals surface area (Å²) in [5, 5.41) is 2.18. The number of benzene rings is 1. The lowest BCUT2D eigenvalue weighted by Crippen LogP contribution is -2.52. The van der Waals surface area contributed by atoms with Gasteiger partial charge in [-0.2, -0.15) is 8.42 Å². The number of nitrogens with one attached hydrogen (secondary N) is 1. The highest BCUT2D eigenvalue weighted by Gasteiger charge is 2.28. The molecular weight excluding hydrogens is 312 g/mol. The molecule has 2 amide bonds. The molecule has 0 unspecified atom stereocenters. The first-order chi connectivity index (χ1) is 10.2. The van der Waals surface area contributed by atoms with Gasteiger partial charge in [0.05, 0.1) is 6.26 Å². The third kappa shape index (κ3) is 6.55. The van der Waals surface area contributed by atoms with Crippen molar-refractivity contribution in [2.75, 3.05) is 6.26 Å². The Morgan fingerprint density at radius 3 is 2.36 bits per heavy atom. The fraction of sp³-hybridized carbons (Fsp3) is 0.385. The fourth-order valence-corrected chi connectivity index (χ4v) is 2.31. The second kappa shape index (κ2) is 7.76. The Labute approximate surface area is 128 Å². The minimum Gasteiger partial charge on any atom is -0.445 e. The van der Waals surface area contributed by atoms with Gasteiger partial charge in [-0.05, 0) is 12.5 Å². The first kappa shape index (κ1) is 17.9. The van der Waals surface area contributed by atoms with E-state index >= 15 is 0 Å². The van der Waals surface area contributed by atoms with E-state index in [1.165, 1.54) is 6.92 Å². The third-order valence-corrected chi connectivity index (χ3v) is 3.24. The molecule has 1 aromatic rings. The van der Waals surface area contributed by atoms with Crippen LogP contribution in [0, 0.1) is 0 Å². The van der Waals surface area contributed by atoms with Crippen molar-refractivity contribution in [2.45, 2.75) is 25.7 Å². The van der Waals surface area contributed by atoms with E-state index in [4.69, 9.17) is 10.5 Å². The fourth-order valence-electron chi connectivity index (χ4n) is 1.64. The molecule has 0 bridgehead atoms. The Morgan fingerprint density at radius 1 is 1.27 bits per heavy atom. The predicted molar refractivity (Wildman–Crippen MR) is 78.1 cm³/mol. The lowest BCUT2D eigenvalue weighted by molar-refractivity contribution is -0.121. The highest BCUT2D eigenvalue weighted by Crippen LogP contribution is 2.05. The molecule has 0 spiro atoms. The van der Waals surface area contributed by atoms with Crippen LogP contribution in [0.2, 0.25) is 0 Å². The molecular formula is C13H18N2O6S. The van der Waals surface area contributed by atoms with Crippen molar-refractivity contribution < 1.29 is 26.9 Å². The Hall–Kier alpha value is -2.13. The number of hydrogen-bond donors (Lipinski definition) is 2. The lowest BCUT2D eigenvalue weighted by atomic mass is 10.2. The molecule has 0 aliphatic rings. The lowest BCUT2D eigenvalue weighted by Gasteiger charge is -2.21. The van der Waals surface area contributed by atoms with E-state index in [2.05, 4.69) is 9.50 Å². The standard InChI is InChI=1S/C13H18N2O6S/c1-9(21-22(2,18)19)11(12(14)16)15-13(17)20-8-10-6-4-3-5-7-10/h3-7,9,11H,8H2,1-2H3,(H2,14,16)(H,15,17)/t9-,11-/m0/s1. The molecule has 0 fully saturated rings. The maximum absolute atomic E-state index is 11.7. The number of primary amides is 1. The zero-order valence-electron chi connectivity index (χ0n) is 12.2. The Kier molecular flexibility index (Phi) is 6.32. The van der Waals surface area contributed by atoms with E-state index in [1.807, 2.05) is 6.07 Å². The van der Waals surface area contributed by atoms with Crippen LogP contribution in [0.5, 0.6) is 0 Å². The number of carbonyl (C=O) groups is 2. The first-order valence-corrected chi connectivity index (χ1v) is 8.15. The van der Waals surface area contributed by atoms with Gasteiger partial charge in [-0.15, -0.1) is 0 Å². The van der Waals surface area contributed by atoms with Gasteiger partial charge in [-0.1, -0.05) is 30.3 Å². The van der Waals surface area contributed by atoms with Crippen LogP contribution in [0.1, 0.15) is 12.5 Å². The van der Waals surface area contributed by atoms with Crippen LogP contribution in [0.25, 0.3) is 0 Å². The van der Waals surface area contributed by atoms with Gasteiger partial charge in [-0.3, -0.25) is 8.98 Å². The summed E-state index contributed by atoms with van der Waals surface area (Å²) in [6.07, 6.45) is -1.23. The number of nitrogens with two attached hydrogens (primary N) is 1. The summed E-state index contributed by atoms with van der Waals surface area (Å²) in [5.41, 5.74) is 5.89. The molecule has 1 rings (SSSR count). The molecule has 0 saturated heterocycles. The summed E-state index contributed by atoms with van der Waals surface area (Å²) in [6, 6.07) is 7.56. The number of hydrogen-bond acceptors (Lipinski definition) is 6. The normalized spacial score (nSPS) is 13.9. The van der Waals surface area contributed by atoms with E-state index in [0.717, 1.165) is 11.8 Å². The summed E-state index contributed by atoms with van der Waals surface area (Å²) < 4.78 is 31.6. The first-order valence-electron chi connectivity index (χ1n) is 6.34. The molecule has 8 nitrogen and oxygen atoms in total. The Balaban J connectivity index is 2.59. The largest absolute Gasteiger partial charge is 0.445 e. The van der Waals surface area contributed by atoms with E-state index in [-0.39, 0.29) is 6.61 Å². The van der Waals surface area contributed by atoms with Gasteiger partial charge in [0, 0.05) is 0 Å². The third-order valence-electron chi connectivity index (χ3n) is 2.59. The second-order valence-corrected chi connectivity index (χ2v) is 6.19. The molecule has 1 aromatic carbocycles. The van der Waals surface area contributed by atoms with Gasteiger partial charge in [-0.25, -0.2) is 4.79 Å². The van der Waals surface area contributed by atoms with Gasteiger partial charge in [0.15, 0.2) is 0 Å². The molecule has 0 aliphatic carbocycles. The molecule has 22 heavy (non-hydrogen) atoms. The van der Waals surface area contributed by atoms with Crippen molar-refractivity contribution in [3.05, 3.63) is 35.9 Å². The van der Waals surface area contributed by atoms with Crippen molar-refractivity contribution in [1.29, 1.82) is 0 Å². The van der Waals surface area contributed by atoms with E-state index in [9.17, 15) is 18.0 Å². The SMILES string of the molecule is C[C@H](OS(C)(=O)=O)[C@H](NC(=O)OCc1ccccc1)C(N)=O. The van der Waals surface area contributed by atoms with Crippen LogP contribution in [-0.4, -0.2) is 38.8 Å². The average molecular weight is 330 g/mol. The van der Waals surface area contributed by atoms with Gasteiger partial charge in [0.2, 0.25) is 5.91 Å². The second-order valence-electron chi connectivity index (χ2n) is 4.59. The highest BCUT2D eigenvalue weighted by atomic mass is 32.2. The summed E-state index contributed by atoms with van der Waals surface area (Å²) in [6.45, 7) is 1.30. The number of ether oxygens (including phenoxy) is 1. The summed E-state index contributed by atoms with van der Waals surface area (Å²) >= 11 is 0. The van der Waals surface area contributed by atoms with Crippen LogP contribution in [0.4, 0.5) is 4.79 Å². The molecule has 0 aromatic heterocycles. The molecule has 0 radical (unpaired) electrons. The van der Waals surface area contributed by atoms with Crippen LogP contribution in [-0.2, 0) is 30.4 Å².